The summed E-state index contributed by atoms with van der Waals surface area (Å²) in [5.74, 6) is 0.661. The molecule has 0 aromatic heterocycles. The number of rotatable bonds is 5. The molecule has 2 rings (SSSR count). The van der Waals surface area contributed by atoms with Crippen molar-refractivity contribution < 1.29 is 14.2 Å². The molecule has 0 aliphatic carbocycles. The van der Waals surface area contributed by atoms with Crippen molar-refractivity contribution in [2.45, 2.75) is 32.9 Å². The highest BCUT2D eigenvalue weighted by Crippen LogP contribution is 2.19. The number of halogens is 2. The van der Waals surface area contributed by atoms with Gasteiger partial charge in [0.2, 0.25) is 0 Å². The van der Waals surface area contributed by atoms with E-state index in [9.17, 15) is 9.50 Å². The Morgan fingerprint density at radius 1 is 1.48 bits per heavy atom. The Balaban J connectivity index is 0.00000264. The van der Waals surface area contributed by atoms with Crippen molar-refractivity contribution in [3.05, 3.63) is 29.6 Å². The number of nitrogens with one attached hydrogen (secondary N) is 1. The third-order valence-corrected chi connectivity index (χ3v) is 3.51. The highest BCUT2D eigenvalue weighted by atomic mass is 127. The third-order valence-electron chi connectivity index (χ3n) is 3.51. The summed E-state index contributed by atoms with van der Waals surface area (Å²) in [6.45, 7) is 6.77. The minimum atomic E-state index is -0.365. The van der Waals surface area contributed by atoms with Gasteiger partial charge in [0, 0.05) is 19.6 Å². The van der Waals surface area contributed by atoms with E-state index >= 15 is 0 Å². The van der Waals surface area contributed by atoms with E-state index < -0.39 is 0 Å². The largest absolute Gasteiger partial charge is 0.491 e. The Labute approximate surface area is 153 Å². The first-order chi connectivity index (χ1) is 10.6. The molecule has 0 bridgehead atoms. The minimum absolute atomic E-state index is 0. The number of aliphatic hydroxyl groups excluding tert-OH is 1. The van der Waals surface area contributed by atoms with E-state index in [2.05, 4.69) is 10.3 Å². The standard InChI is InChI=1S/C16H24FN3O2.HI/c1-3-18-16(20-8-7-13(21)11-20)19-10-12-5-6-15(22-4-2)14(17)9-12;/h5-6,9,13,21H,3-4,7-8,10-11H2,1-2H3,(H,18,19);1H/t13-;/m1./s1. The molecule has 0 radical (unpaired) electrons. The maximum absolute atomic E-state index is 13.8. The van der Waals surface area contributed by atoms with Crippen LogP contribution in [0, 0.1) is 5.82 Å². The molecule has 2 N–H and O–H groups in total. The second kappa shape index (κ2) is 9.92. The first kappa shape index (κ1) is 20.0. The van der Waals surface area contributed by atoms with Gasteiger partial charge in [-0.1, -0.05) is 6.07 Å². The summed E-state index contributed by atoms with van der Waals surface area (Å²) in [4.78, 5) is 6.56. The van der Waals surface area contributed by atoms with Crippen molar-refractivity contribution in [3.8, 4) is 5.75 Å². The summed E-state index contributed by atoms with van der Waals surface area (Å²) in [6.07, 6.45) is 0.453. The summed E-state index contributed by atoms with van der Waals surface area (Å²) in [6, 6.07) is 4.91. The van der Waals surface area contributed by atoms with Crippen LogP contribution in [0.5, 0.6) is 5.75 Å². The predicted octanol–water partition coefficient (Wildman–Crippen LogP) is 2.37. The molecule has 1 aromatic rings. The Bertz CT molecular complexity index is 528. The molecule has 0 unspecified atom stereocenters. The van der Waals surface area contributed by atoms with E-state index in [-0.39, 0.29) is 41.6 Å². The number of hydrogen-bond acceptors (Lipinski definition) is 3. The number of hydrogen-bond donors (Lipinski definition) is 2. The molecule has 0 saturated carbocycles. The van der Waals surface area contributed by atoms with Crippen LogP contribution in [0.2, 0.25) is 0 Å². The molecular formula is C16H25FIN3O2. The first-order valence-corrected chi connectivity index (χ1v) is 7.76. The topological polar surface area (TPSA) is 57.1 Å². The fraction of sp³-hybridized carbons (Fsp3) is 0.562. The van der Waals surface area contributed by atoms with Gasteiger partial charge in [0.05, 0.1) is 19.3 Å². The van der Waals surface area contributed by atoms with Crippen molar-refractivity contribution >= 4 is 29.9 Å². The summed E-state index contributed by atoms with van der Waals surface area (Å²) in [5, 5.41) is 12.8. The highest BCUT2D eigenvalue weighted by molar-refractivity contribution is 14.0. The molecule has 1 fully saturated rings. The second-order valence-electron chi connectivity index (χ2n) is 5.26. The number of nitrogens with zero attached hydrogens (tertiary/aromatic N) is 2. The summed E-state index contributed by atoms with van der Waals surface area (Å²) in [5.41, 5.74) is 0.788. The molecule has 7 heteroatoms. The smallest absolute Gasteiger partial charge is 0.194 e. The quantitative estimate of drug-likeness (QED) is 0.422. The molecule has 130 valence electrons. The molecule has 5 nitrogen and oxygen atoms in total. The molecule has 1 aromatic carbocycles. The van der Waals surface area contributed by atoms with E-state index in [1.165, 1.54) is 6.07 Å². The van der Waals surface area contributed by atoms with Crippen LogP contribution >= 0.6 is 24.0 Å². The molecule has 1 atom stereocenters. The zero-order valence-electron chi connectivity index (χ0n) is 13.6. The van der Waals surface area contributed by atoms with Crippen LogP contribution in [0.4, 0.5) is 4.39 Å². The SMILES string of the molecule is CCNC(=NCc1ccc(OCC)c(F)c1)N1CC[C@@H](O)C1.I. The maximum Gasteiger partial charge on any atom is 0.194 e. The van der Waals surface area contributed by atoms with Gasteiger partial charge in [-0.3, -0.25) is 0 Å². The van der Waals surface area contributed by atoms with Crippen molar-refractivity contribution in [1.29, 1.82) is 0 Å². The lowest BCUT2D eigenvalue weighted by Gasteiger charge is -2.21. The number of β-amino-alcohol motifs (C(OH)–C–C–N with tert-alkyl or cyclic N) is 1. The maximum atomic E-state index is 13.8. The van der Waals surface area contributed by atoms with Crippen LogP contribution in [0.1, 0.15) is 25.8 Å². The van der Waals surface area contributed by atoms with Gasteiger partial charge in [0.1, 0.15) is 0 Å². The van der Waals surface area contributed by atoms with Crippen LogP contribution in [0.3, 0.4) is 0 Å². The normalized spacial score (nSPS) is 17.8. The van der Waals surface area contributed by atoms with E-state index in [0.717, 1.165) is 31.0 Å². The van der Waals surface area contributed by atoms with Crippen molar-refractivity contribution in [2.75, 3.05) is 26.2 Å². The number of guanidine groups is 1. The zero-order valence-corrected chi connectivity index (χ0v) is 15.9. The lowest BCUT2D eigenvalue weighted by atomic mass is 10.2. The molecule has 0 spiro atoms. The number of ether oxygens (including phenoxy) is 1. The van der Waals surface area contributed by atoms with E-state index in [1.54, 1.807) is 6.07 Å². The van der Waals surface area contributed by atoms with Gasteiger partial charge >= 0.3 is 0 Å². The summed E-state index contributed by atoms with van der Waals surface area (Å²) in [7, 11) is 0. The van der Waals surface area contributed by atoms with Gasteiger partial charge in [-0.2, -0.15) is 0 Å². The molecular weight excluding hydrogens is 412 g/mol. The number of likely N-dealkylation sites (tertiary alicyclic amines) is 1. The highest BCUT2D eigenvalue weighted by Gasteiger charge is 2.22. The van der Waals surface area contributed by atoms with Gasteiger partial charge in [0.25, 0.3) is 0 Å². The molecule has 1 heterocycles. The molecule has 23 heavy (non-hydrogen) atoms. The minimum Gasteiger partial charge on any atom is -0.491 e. The Morgan fingerprint density at radius 3 is 2.83 bits per heavy atom. The van der Waals surface area contributed by atoms with Gasteiger partial charge in [-0.05, 0) is 38.0 Å². The van der Waals surface area contributed by atoms with Crippen molar-refractivity contribution in [1.82, 2.24) is 10.2 Å². The fourth-order valence-corrected chi connectivity index (χ4v) is 2.44. The zero-order chi connectivity index (χ0) is 15.9. The second-order valence-corrected chi connectivity index (χ2v) is 5.26. The summed E-state index contributed by atoms with van der Waals surface area (Å²) >= 11 is 0. The van der Waals surface area contributed by atoms with E-state index in [1.807, 2.05) is 24.8 Å². The molecule has 0 amide bonds. The van der Waals surface area contributed by atoms with Gasteiger partial charge in [-0.25, -0.2) is 9.38 Å². The number of aliphatic imine (C=N–C) groups is 1. The fourth-order valence-electron chi connectivity index (χ4n) is 2.44. The van der Waals surface area contributed by atoms with Crippen LogP contribution in [0.25, 0.3) is 0 Å². The van der Waals surface area contributed by atoms with Crippen LogP contribution in [-0.4, -0.2) is 48.3 Å². The lowest BCUT2D eigenvalue weighted by Crippen LogP contribution is -2.40. The van der Waals surface area contributed by atoms with Gasteiger partial charge in [0.15, 0.2) is 17.5 Å². The van der Waals surface area contributed by atoms with Crippen LogP contribution < -0.4 is 10.1 Å². The Morgan fingerprint density at radius 2 is 2.26 bits per heavy atom. The van der Waals surface area contributed by atoms with Gasteiger partial charge in [-0.15, -0.1) is 24.0 Å². The Kier molecular flexibility index (Phi) is 8.60. The monoisotopic (exact) mass is 437 g/mol. The van der Waals surface area contributed by atoms with Crippen LogP contribution in [0.15, 0.2) is 23.2 Å². The molecule has 1 saturated heterocycles. The molecule has 1 aliphatic heterocycles. The Hall–Kier alpha value is -1.09. The predicted molar refractivity (Wildman–Crippen MR) is 100.0 cm³/mol. The average Bonchev–Trinajstić information content (AvgIpc) is 2.92. The summed E-state index contributed by atoms with van der Waals surface area (Å²) < 4.78 is 19.0. The van der Waals surface area contributed by atoms with Crippen molar-refractivity contribution in [2.24, 2.45) is 4.99 Å². The number of aliphatic hydroxyl groups is 1. The number of benzene rings is 1. The van der Waals surface area contributed by atoms with Gasteiger partial charge < -0.3 is 20.1 Å². The van der Waals surface area contributed by atoms with Crippen molar-refractivity contribution in [3.63, 3.8) is 0 Å². The first-order valence-electron chi connectivity index (χ1n) is 7.76. The van der Waals surface area contributed by atoms with Crippen LogP contribution in [-0.2, 0) is 6.54 Å². The third kappa shape index (κ3) is 5.80. The molecule has 1 aliphatic rings. The van der Waals surface area contributed by atoms with E-state index in [4.69, 9.17) is 4.74 Å². The van der Waals surface area contributed by atoms with E-state index in [0.29, 0.717) is 19.7 Å². The lowest BCUT2D eigenvalue weighted by molar-refractivity contribution is 0.188. The average molecular weight is 437 g/mol.